The van der Waals surface area contributed by atoms with E-state index in [1.54, 1.807) is 12.1 Å². The minimum absolute atomic E-state index is 0.306. The van der Waals surface area contributed by atoms with Crippen LogP contribution in [0.3, 0.4) is 0 Å². The topological polar surface area (TPSA) is 76.6 Å². The third-order valence-electron chi connectivity index (χ3n) is 4.53. The van der Waals surface area contributed by atoms with Gasteiger partial charge in [-0.3, -0.25) is 0 Å². The lowest BCUT2D eigenvalue weighted by Crippen LogP contribution is -2.41. The summed E-state index contributed by atoms with van der Waals surface area (Å²) in [7, 11) is 0. The Labute approximate surface area is 146 Å². The molecule has 5 nitrogen and oxygen atoms in total. The lowest BCUT2D eigenvalue weighted by Gasteiger charge is -2.37. The number of nitriles is 2. The maximum atomic E-state index is 9.74. The summed E-state index contributed by atoms with van der Waals surface area (Å²) < 4.78 is 0. The van der Waals surface area contributed by atoms with Gasteiger partial charge in [-0.15, -0.1) is 10.2 Å². The second kappa shape index (κ2) is 6.86. The van der Waals surface area contributed by atoms with Gasteiger partial charge in [0.2, 0.25) is 0 Å². The smallest absolute Gasteiger partial charge is 0.163 e. The summed E-state index contributed by atoms with van der Waals surface area (Å²) in [6.45, 7) is 1.47. The van der Waals surface area contributed by atoms with Crippen LogP contribution in [0.2, 0.25) is 5.02 Å². The number of hydrogen-bond acceptors (Lipinski definition) is 5. The van der Waals surface area contributed by atoms with Crippen molar-refractivity contribution < 1.29 is 0 Å². The Morgan fingerprint density at radius 1 is 1.08 bits per heavy atom. The third-order valence-corrected chi connectivity index (χ3v) is 4.90. The average Bonchev–Trinajstić information content (AvgIpc) is 2.64. The summed E-state index contributed by atoms with van der Waals surface area (Å²) in [6, 6.07) is 15.7. The SMILES string of the molecule is N#Cc1ccc(N2CCC(C#N)(Cc3ccccc3Cl)CC2)nn1. The van der Waals surface area contributed by atoms with Crippen LogP contribution in [0.4, 0.5) is 5.82 Å². The van der Waals surface area contributed by atoms with E-state index in [4.69, 9.17) is 16.9 Å². The molecule has 1 aromatic heterocycles. The Kier molecular flexibility index (Phi) is 4.64. The van der Waals surface area contributed by atoms with Crippen LogP contribution >= 0.6 is 11.6 Å². The summed E-state index contributed by atoms with van der Waals surface area (Å²) >= 11 is 6.25. The van der Waals surface area contributed by atoms with Gasteiger partial charge in [0.25, 0.3) is 0 Å². The zero-order chi connectivity index (χ0) is 17.0. The highest BCUT2D eigenvalue weighted by molar-refractivity contribution is 6.31. The van der Waals surface area contributed by atoms with Gasteiger partial charge in [0, 0.05) is 18.1 Å². The molecule has 24 heavy (non-hydrogen) atoms. The molecule has 1 aliphatic rings. The molecular weight excluding hydrogens is 322 g/mol. The van der Waals surface area contributed by atoms with E-state index >= 15 is 0 Å². The number of piperidine rings is 1. The van der Waals surface area contributed by atoms with Crippen molar-refractivity contribution >= 4 is 17.4 Å². The first kappa shape index (κ1) is 16.2. The van der Waals surface area contributed by atoms with E-state index < -0.39 is 5.41 Å². The van der Waals surface area contributed by atoms with E-state index in [0.717, 1.165) is 37.3 Å². The minimum Gasteiger partial charge on any atom is -0.355 e. The van der Waals surface area contributed by atoms with Crippen molar-refractivity contribution in [3.63, 3.8) is 0 Å². The van der Waals surface area contributed by atoms with Gasteiger partial charge in [0.05, 0.1) is 11.5 Å². The molecular formula is C18H16ClN5. The molecule has 0 atom stereocenters. The van der Waals surface area contributed by atoms with Gasteiger partial charge in [-0.25, -0.2) is 0 Å². The van der Waals surface area contributed by atoms with Crippen LogP contribution < -0.4 is 4.90 Å². The molecule has 0 bridgehead atoms. The van der Waals surface area contributed by atoms with Crippen molar-refractivity contribution in [3.05, 3.63) is 52.7 Å². The quantitative estimate of drug-likeness (QED) is 0.858. The summed E-state index contributed by atoms with van der Waals surface area (Å²) in [4.78, 5) is 2.11. The highest BCUT2D eigenvalue weighted by Crippen LogP contribution is 2.37. The second-order valence-electron chi connectivity index (χ2n) is 6.04. The predicted octanol–water partition coefficient (Wildman–Crippen LogP) is 3.35. The van der Waals surface area contributed by atoms with Crippen LogP contribution in [0.15, 0.2) is 36.4 Å². The van der Waals surface area contributed by atoms with Gasteiger partial charge in [0.15, 0.2) is 11.5 Å². The van der Waals surface area contributed by atoms with Gasteiger partial charge < -0.3 is 4.90 Å². The average molecular weight is 338 g/mol. The Hall–Kier alpha value is -2.63. The largest absolute Gasteiger partial charge is 0.355 e. The molecule has 120 valence electrons. The van der Waals surface area contributed by atoms with Gasteiger partial charge >= 0.3 is 0 Å². The molecule has 3 rings (SSSR count). The second-order valence-corrected chi connectivity index (χ2v) is 6.44. The van der Waals surface area contributed by atoms with E-state index in [1.807, 2.05) is 30.3 Å². The van der Waals surface area contributed by atoms with E-state index in [0.29, 0.717) is 17.1 Å². The standard InChI is InChI=1S/C18H16ClN5/c19-16-4-2-1-3-14(16)11-18(13-21)7-9-24(10-8-18)17-6-5-15(12-20)22-23-17/h1-6H,7-11H2. The minimum atomic E-state index is -0.401. The number of rotatable bonds is 3. The molecule has 1 aliphatic heterocycles. The van der Waals surface area contributed by atoms with Crippen molar-refractivity contribution in [1.29, 1.82) is 10.5 Å². The van der Waals surface area contributed by atoms with Crippen molar-refractivity contribution in [2.75, 3.05) is 18.0 Å². The molecule has 1 aromatic carbocycles. The molecule has 0 aliphatic carbocycles. The Morgan fingerprint density at radius 3 is 2.42 bits per heavy atom. The number of hydrogen-bond donors (Lipinski definition) is 0. The molecule has 6 heteroatoms. The molecule has 1 saturated heterocycles. The highest BCUT2D eigenvalue weighted by atomic mass is 35.5. The fourth-order valence-electron chi connectivity index (χ4n) is 3.05. The summed E-state index contributed by atoms with van der Waals surface area (Å²) in [6.07, 6.45) is 2.16. The van der Waals surface area contributed by atoms with Crippen LogP contribution in [0.25, 0.3) is 0 Å². The van der Waals surface area contributed by atoms with Crippen molar-refractivity contribution in [1.82, 2.24) is 10.2 Å². The molecule has 0 radical (unpaired) electrons. The summed E-state index contributed by atoms with van der Waals surface area (Å²) in [5, 5.41) is 27.2. The molecule has 2 aromatic rings. The molecule has 0 spiro atoms. The fraction of sp³-hybridized carbons (Fsp3) is 0.333. The molecule has 0 unspecified atom stereocenters. The van der Waals surface area contributed by atoms with Crippen LogP contribution in [0.1, 0.15) is 24.1 Å². The van der Waals surface area contributed by atoms with Crippen LogP contribution in [0, 0.1) is 28.1 Å². The van der Waals surface area contributed by atoms with Crippen molar-refractivity contribution in [3.8, 4) is 12.1 Å². The fourth-order valence-corrected chi connectivity index (χ4v) is 3.25. The number of halogens is 1. The monoisotopic (exact) mass is 337 g/mol. The first-order valence-corrected chi connectivity index (χ1v) is 8.17. The maximum Gasteiger partial charge on any atom is 0.163 e. The molecule has 1 fully saturated rings. The summed E-state index contributed by atoms with van der Waals surface area (Å²) in [5.41, 5.74) is 0.926. The van der Waals surface area contributed by atoms with E-state index in [2.05, 4.69) is 21.2 Å². The van der Waals surface area contributed by atoms with E-state index in [-0.39, 0.29) is 0 Å². The van der Waals surface area contributed by atoms with Gasteiger partial charge in [0.1, 0.15) is 6.07 Å². The Balaban J connectivity index is 1.71. The molecule has 2 heterocycles. The van der Waals surface area contributed by atoms with Gasteiger partial charge in [-0.2, -0.15) is 10.5 Å². The third kappa shape index (κ3) is 3.32. The molecule has 0 amide bonds. The van der Waals surface area contributed by atoms with E-state index in [9.17, 15) is 5.26 Å². The number of benzene rings is 1. The zero-order valence-corrected chi connectivity index (χ0v) is 13.9. The maximum absolute atomic E-state index is 9.74. The lowest BCUT2D eigenvalue weighted by atomic mass is 9.75. The van der Waals surface area contributed by atoms with Gasteiger partial charge in [-0.05, 0) is 43.0 Å². The normalized spacial score (nSPS) is 16.2. The number of nitrogens with zero attached hydrogens (tertiary/aromatic N) is 5. The Bertz CT molecular complexity index is 795. The zero-order valence-electron chi connectivity index (χ0n) is 13.1. The lowest BCUT2D eigenvalue weighted by molar-refractivity contribution is 0.301. The number of aromatic nitrogens is 2. The van der Waals surface area contributed by atoms with Crippen LogP contribution in [0.5, 0.6) is 0 Å². The molecule has 0 saturated carbocycles. The van der Waals surface area contributed by atoms with Crippen LogP contribution in [-0.4, -0.2) is 23.3 Å². The first-order chi connectivity index (χ1) is 11.7. The summed E-state index contributed by atoms with van der Waals surface area (Å²) in [5.74, 6) is 0.748. The van der Waals surface area contributed by atoms with Crippen LogP contribution in [-0.2, 0) is 6.42 Å². The van der Waals surface area contributed by atoms with Crippen molar-refractivity contribution in [2.24, 2.45) is 5.41 Å². The molecule has 0 N–H and O–H groups in total. The number of anilines is 1. The van der Waals surface area contributed by atoms with Crippen molar-refractivity contribution in [2.45, 2.75) is 19.3 Å². The predicted molar refractivity (Wildman–Crippen MR) is 91.4 cm³/mol. The first-order valence-electron chi connectivity index (χ1n) is 7.79. The van der Waals surface area contributed by atoms with Gasteiger partial charge in [-0.1, -0.05) is 29.8 Å². The Morgan fingerprint density at radius 2 is 1.83 bits per heavy atom. The van der Waals surface area contributed by atoms with E-state index in [1.165, 1.54) is 0 Å². The highest BCUT2D eigenvalue weighted by Gasteiger charge is 2.35.